The predicted molar refractivity (Wildman–Crippen MR) is 79.1 cm³/mol. The average molecular weight is 289 g/mol. The minimum Gasteiger partial charge on any atom is -0.465 e. The van der Waals surface area contributed by atoms with E-state index in [-0.39, 0.29) is 17.9 Å². The summed E-state index contributed by atoms with van der Waals surface area (Å²) in [7, 11) is 1.36. The van der Waals surface area contributed by atoms with Crippen molar-refractivity contribution in [2.75, 3.05) is 37.4 Å². The van der Waals surface area contributed by atoms with Gasteiger partial charge in [0, 0.05) is 32.1 Å². The first-order chi connectivity index (χ1) is 10.1. The molecule has 1 atom stereocenters. The van der Waals surface area contributed by atoms with Gasteiger partial charge in [-0.1, -0.05) is 0 Å². The molecule has 0 aromatic heterocycles. The molecule has 2 heterocycles. The molecule has 2 fully saturated rings. The Hall–Kier alpha value is -2.24. The molecule has 0 aliphatic carbocycles. The lowest BCUT2D eigenvalue weighted by atomic mass is 10.1. The maximum atomic E-state index is 11.7. The van der Waals surface area contributed by atoms with Crippen LogP contribution in [0.25, 0.3) is 0 Å². The number of esters is 1. The summed E-state index contributed by atoms with van der Waals surface area (Å²) < 4.78 is 4.75. The quantitative estimate of drug-likeness (QED) is 0.646. The molecule has 2 aliphatic heterocycles. The van der Waals surface area contributed by atoms with Crippen molar-refractivity contribution < 1.29 is 14.3 Å². The maximum absolute atomic E-state index is 11.7. The van der Waals surface area contributed by atoms with E-state index in [9.17, 15) is 9.59 Å². The van der Waals surface area contributed by atoms with Crippen molar-refractivity contribution in [3.8, 4) is 0 Å². The van der Waals surface area contributed by atoms with Gasteiger partial charge in [-0.3, -0.25) is 4.79 Å². The summed E-state index contributed by atoms with van der Waals surface area (Å²) in [6, 6.07) is 5.42. The van der Waals surface area contributed by atoms with Crippen LogP contribution in [0.15, 0.2) is 18.2 Å². The van der Waals surface area contributed by atoms with Crippen molar-refractivity contribution in [2.45, 2.75) is 18.9 Å². The van der Waals surface area contributed by atoms with E-state index in [1.165, 1.54) is 7.11 Å². The number of nitrogen functional groups attached to an aromatic ring is 1. The fourth-order valence-corrected chi connectivity index (χ4v) is 3.15. The molecule has 3 rings (SSSR count). The van der Waals surface area contributed by atoms with E-state index in [2.05, 4.69) is 4.90 Å². The first-order valence-electron chi connectivity index (χ1n) is 7.12. The molecule has 2 saturated heterocycles. The molecular formula is C15H19N3O3. The summed E-state index contributed by atoms with van der Waals surface area (Å²) in [5.74, 6) is -0.123. The Kier molecular flexibility index (Phi) is 3.45. The fraction of sp³-hybridized carbons (Fsp3) is 0.467. The SMILES string of the molecule is COC(=O)c1ccc(N)c(N2CCN3C(=O)CCC3C2)c1. The van der Waals surface area contributed by atoms with Gasteiger partial charge in [-0.2, -0.15) is 0 Å². The Morgan fingerprint density at radius 2 is 2.19 bits per heavy atom. The lowest BCUT2D eigenvalue weighted by Crippen LogP contribution is -2.51. The van der Waals surface area contributed by atoms with Crippen molar-refractivity contribution in [3.05, 3.63) is 23.8 Å². The Bertz CT molecular complexity index is 588. The number of benzene rings is 1. The fourth-order valence-electron chi connectivity index (χ4n) is 3.15. The zero-order valence-corrected chi connectivity index (χ0v) is 12.0. The van der Waals surface area contributed by atoms with Gasteiger partial charge in [0.25, 0.3) is 0 Å². The standard InChI is InChI=1S/C15H19N3O3/c1-21-15(20)10-2-4-12(16)13(8-10)17-6-7-18-11(9-17)3-5-14(18)19/h2,4,8,11H,3,5-7,9,16H2,1H3. The monoisotopic (exact) mass is 289 g/mol. The first-order valence-corrected chi connectivity index (χ1v) is 7.12. The summed E-state index contributed by atoms with van der Waals surface area (Å²) in [6.07, 6.45) is 1.53. The molecule has 1 amide bonds. The molecule has 1 unspecified atom stereocenters. The number of anilines is 2. The van der Waals surface area contributed by atoms with Gasteiger partial charge in [0.1, 0.15) is 0 Å². The lowest BCUT2D eigenvalue weighted by molar-refractivity contribution is -0.129. The second kappa shape index (κ2) is 5.27. The molecule has 0 saturated carbocycles. The number of nitrogens with two attached hydrogens (primary N) is 1. The van der Waals surface area contributed by atoms with Crippen molar-refractivity contribution in [2.24, 2.45) is 0 Å². The molecule has 21 heavy (non-hydrogen) atoms. The van der Waals surface area contributed by atoms with E-state index in [0.717, 1.165) is 25.2 Å². The zero-order valence-electron chi connectivity index (χ0n) is 12.0. The highest BCUT2D eigenvalue weighted by atomic mass is 16.5. The second-order valence-electron chi connectivity index (χ2n) is 5.49. The zero-order chi connectivity index (χ0) is 15.0. The second-order valence-corrected chi connectivity index (χ2v) is 5.49. The summed E-state index contributed by atoms with van der Waals surface area (Å²) in [6.45, 7) is 2.21. The number of amides is 1. The van der Waals surface area contributed by atoms with Crippen LogP contribution in [0, 0.1) is 0 Å². The van der Waals surface area contributed by atoms with Crippen molar-refractivity contribution in [1.82, 2.24) is 4.90 Å². The van der Waals surface area contributed by atoms with Crippen LogP contribution in [-0.2, 0) is 9.53 Å². The summed E-state index contributed by atoms with van der Waals surface area (Å²) in [5.41, 5.74) is 8.03. The highest BCUT2D eigenvalue weighted by molar-refractivity contribution is 5.92. The number of hydrogen-bond donors (Lipinski definition) is 1. The van der Waals surface area contributed by atoms with Gasteiger partial charge in [0.05, 0.1) is 24.0 Å². The van der Waals surface area contributed by atoms with Crippen molar-refractivity contribution >= 4 is 23.3 Å². The Morgan fingerprint density at radius 1 is 1.38 bits per heavy atom. The van der Waals surface area contributed by atoms with Gasteiger partial charge >= 0.3 is 5.97 Å². The molecule has 0 spiro atoms. The molecule has 6 nitrogen and oxygen atoms in total. The summed E-state index contributed by atoms with van der Waals surface area (Å²) in [5, 5.41) is 0. The maximum Gasteiger partial charge on any atom is 0.337 e. The van der Waals surface area contributed by atoms with Crippen LogP contribution in [0.4, 0.5) is 11.4 Å². The molecule has 112 valence electrons. The van der Waals surface area contributed by atoms with Crippen molar-refractivity contribution in [1.29, 1.82) is 0 Å². The number of fused-ring (bicyclic) bond motifs is 1. The van der Waals surface area contributed by atoms with Gasteiger partial charge in [0.15, 0.2) is 0 Å². The number of nitrogens with zero attached hydrogens (tertiary/aromatic N) is 2. The largest absolute Gasteiger partial charge is 0.465 e. The van der Waals surface area contributed by atoms with Gasteiger partial charge in [0.2, 0.25) is 5.91 Å². The van der Waals surface area contributed by atoms with Crippen LogP contribution in [-0.4, -0.2) is 49.6 Å². The minimum atomic E-state index is -0.370. The lowest BCUT2D eigenvalue weighted by Gasteiger charge is -2.39. The van der Waals surface area contributed by atoms with Crippen molar-refractivity contribution in [3.63, 3.8) is 0 Å². The molecule has 1 aromatic rings. The topological polar surface area (TPSA) is 75.9 Å². The van der Waals surface area contributed by atoms with Crippen LogP contribution in [0.1, 0.15) is 23.2 Å². The van der Waals surface area contributed by atoms with E-state index in [4.69, 9.17) is 10.5 Å². The smallest absolute Gasteiger partial charge is 0.337 e. The normalized spacial score (nSPS) is 21.4. The van der Waals surface area contributed by atoms with Gasteiger partial charge < -0.3 is 20.3 Å². The molecule has 2 aliphatic rings. The van der Waals surface area contributed by atoms with Crippen LogP contribution >= 0.6 is 0 Å². The van der Waals surface area contributed by atoms with E-state index in [0.29, 0.717) is 24.2 Å². The molecule has 1 aromatic carbocycles. The highest BCUT2D eigenvalue weighted by Gasteiger charge is 2.35. The summed E-state index contributed by atoms with van der Waals surface area (Å²) in [4.78, 5) is 27.5. The third kappa shape index (κ3) is 2.41. The molecule has 0 bridgehead atoms. The van der Waals surface area contributed by atoms with E-state index >= 15 is 0 Å². The van der Waals surface area contributed by atoms with Gasteiger partial charge in [-0.05, 0) is 24.6 Å². The van der Waals surface area contributed by atoms with Gasteiger partial charge in [-0.25, -0.2) is 4.79 Å². The van der Waals surface area contributed by atoms with E-state index in [1.54, 1.807) is 18.2 Å². The number of ether oxygens (including phenoxy) is 1. The van der Waals surface area contributed by atoms with Crippen LogP contribution in [0.3, 0.4) is 0 Å². The third-order valence-corrected chi connectivity index (χ3v) is 4.29. The minimum absolute atomic E-state index is 0.246. The molecular weight excluding hydrogens is 270 g/mol. The van der Waals surface area contributed by atoms with Crippen LogP contribution in [0.2, 0.25) is 0 Å². The number of rotatable bonds is 2. The number of piperazine rings is 1. The number of methoxy groups -OCH3 is 1. The third-order valence-electron chi connectivity index (χ3n) is 4.29. The molecule has 0 radical (unpaired) electrons. The van der Waals surface area contributed by atoms with E-state index < -0.39 is 0 Å². The Balaban J connectivity index is 1.84. The Labute approximate surface area is 123 Å². The van der Waals surface area contributed by atoms with E-state index in [1.807, 2.05) is 4.90 Å². The highest BCUT2D eigenvalue weighted by Crippen LogP contribution is 2.30. The average Bonchev–Trinajstić information content (AvgIpc) is 2.88. The number of carbonyl (C=O) groups excluding carboxylic acids is 2. The number of hydrogen-bond acceptors (Lipinski definition) is 5. The summed E-state index contributed by atoms with van der Waals surface area (Å²) >= 11 is 0. The first kappa shape index (κ1) is 13.7. The van der Waals surface area contributed by atoms with Crippen LogP contribution < -0.4 is 10.6 Å². The predicted octanol–water partition coefficient (Wildman–Crippen LogP) is 0.866. The van der Waals surface area contributed by atoms with Gasteiger partial charge in [-0.15, -0.1) is 0 Å². The molecule has 6 heteroatoms. The molecule has 2 N–H and O–H groups in total. The Morgan fingerprint density at radius 3 is 2.95 bits per heavy atom. The van der Waals surface area contributed by atoms with Crippen LogP contribution in [0.5, 0.6) is 0 Å². The number of carbonyl (C=O) groups is 2.